The van der Waals surface area contributed by atoms with Crippen molar-refractivity contribution in [2.24, 2.45) is 0 Å². The number of rotatable bonds is 9. The fourth-order valence-electron chi connectivity index (χ4n) is 3.99. The van der Waals surface area contributed by atoms with Gasteiger partial charge in [-0.15, -0.1) is 0 Å². The quantitative estimate of drug-likeness (QED) is 0.218. The van der Waals surface area contributed by atoms with Gasteiger partial charge in [-0.2, -0.15) is 0 Å². The summed E-state index contributed by atoms with van der Waals surface area (Å²) in [5.74, 6) is 2.10. The Morgan fingerprint density at radius 2 is 2.00 bits per heavy atom. The number of benzene rings is 1. The first-order valence-corrected chi connectivity index (χ1v) is 13.4. The molecule has 0 aliphatic carbocycles. The van der Waals surface area contributed by atoms with E-state index in [1.165, 1.54) is 11.8 Å². The number of amides is 3. The van der Waals surface area contributed by atoms with Gasteiger partial charge in [-0.05, 0) is 31.0 Å². The second-order valence-corrected chi connectivity index (χ2v) is 9.99. The lowest BCUT2D eigenvalue weighted by Gasteiger charge is -2.40. The number of nitrogens with zero attached hydrogens (tertiary/aromatic N) is 4. The SMILES string of the molecule is CCCCNC(=O)N1CCN(c2cc(Cl)nc(SCC(=O)NCc3ccc4c(c3)OCO4)n2)CC1C. The molecule has 1 aromatic carbocycles. The van der Waals surface area contributed by atoms with Crippen LogP contribution >= 0.6 is 23.4 Å². The van der Waals surface area contributed by atoms with Crippen molar-refractivity contribution in [2.45, 2.75) is 44.4 Å². The molecule has 2 aromatic rings. The Morgan fingerprint density at radius 1 is 1.17 bits per heavy atom. The molecule has 1 aromatic heterocycles. The first kappa shape index (κ1) is 26.2. The maximum absolute atomic E-state index is 12.5. The molecule has 0 saturated carbocycles. The summed E-state index contributed by atoms with van der Waals surface area (Å²) in [5, 5.41) is 6.63. The van der Waals surface area contributed by atoms with E-state index in [1.807, 2.05) is 30.0 Å². The molecule has 10 nitrogen and oxygen atoms in total. The molecule has 0 bridgehead atoms. The Balaban J connectivity index is 1.27. The lowest BCUT2D eigenvalue weighted by Crippen LogP contribution is -2.56. The van der Waals surface area contributed by atoms with Crippen molar-refractivity contribution in [1.29, 1.82) is 0 Å². The number of aromatic nitrogens is 2. The summed E-state index contributed by atoms with van der Waals surface area (Å²) < 4.78 is 10.7. The molecule has 1 atom stereocenters. The molecule has 1 saturated heterocycles. The number of carbonyl (C=O) groups excluding carboxylic acids is 2. The van der Waals surface area contributed by atoms with Crippen molar-refractivity contribution in [3.05, 3.63) is 35.0 Å². The molecule has 4 rings (SSSR count). The van der Waals surface area contributed by atoms with Crippen LogP contribution in [0.25, 0.3) is 0 Å². The van der Waals surface area contributed by atoms with Crippen LogP contribution in [0.1, 0.15) is 32.3 Å². The Bertz CT molecular complexity index is 1090. The molecular weight excluding hydrogens is 504 g/mol. The molecule has 194 valence electrons. The number of carbonyl (C=O) groups is 2. The average molecular weight is 535 g/mol. The van der Waals surface area contributed by atoms with Crippen LogP contribution in [0.3, 0.4) is 0 Å². The number of thioether (sulfide) groups is 1. The summed E-state index contributed by atoms with van der Waals surface area (Å²) >= 11 is 7.50. The van der Waals surface area contributed by atoms with Gasteiger partial charge in [0, 0.05) is 44.8 Å². The van der Waals surface area contributed by atoms with Crippen molar-refractivity contribution in [3.8, 4) is 11.5 Å². The summed E-state index contributed by atoms with van der Waals surface area (Å²) in [6.45, 7) is 7.26. The zero-order valence-electron chi connectivity index (χ0n) is 20.5. The zero-order chi connectivity index (χ0) is 25.5. The molecule has 3 heterocycles. The highest BCUT2D eigenvalue weighted by Crippen LogP contribution is 2.32. The van der Waals surface area contributed by atoms with Gasteiger partial charge in [0.15, 0.2) is 16.7 Å². The van der Waals surface area contributed by atoms with Crippen LogP contribution in [0.2, 0.25) is 5.15 Å². The predicted octanol–water partition coefficient (Wildman–Crippen LogP) is 3.29. The Hall–Kier alpha value is -2.92. The van der Waals surface area contributed by atoms with E-state index in [2.05, 4.69) is 32.4 Å². The minimum Gasteiger partial charge on any atom is -0.454 e. The van der Waals surface area contributed by atoms with E-state index in [0.29, 0.717) is 60.4 Å². The summed E-state index contributed by atoms with van der Waals surface area (Å²) in [6, 6.07) is 7.29. The highest BCUT2D eigenvalue weighted by Gasteiger charge is 2.28. The minimum absolute atomic E-state index is 0.0205. The number of piperazine rings is 1. The van der Waals surface area contributed by atoms with Gasteiger partial charge < -0.3 is 29.9 Å². The van der Waals surface area contributed by atoms with Crippen molar-refractivity contribution < 1.29 is 19.1 Å². The van der Waals surface area contributed by atoms with Crippen molar-refractivity contribution in [3.63, 3.8) is 0 Å². The fraction of sp³-hybridized carbons (Fsp3) is 0.500. The largest absolute Gasteiger partial charge is 0.454 e. The van der Waals surface area contributed by atoms with Gasteiger partial charge in [-0.25, -0.2) is 14.8 Å². The standard InChI is InChI=1S/C24H31ClN6O4S/c1-3-4-7-26-24(33)31-9-8-30(13-16(31)2)21-11-20(25)28-23(29-21)36-14-22(32)27-12-17-5-6-18-19(10-17)35-15-34-18/h5-6,10-11,16H,3-4,7-9,12-15H2,1-2H3,(H,26,33)(H,27,32). The predicted molar refractivity (Wildman–Crippen MR) is 139 cm³/mol. The van der Waals surface area contributed by atoms with E-state index < -0.39 is 0 Å². The van der Waals surface area contributed by atoms with Gasteiger partial charge in [0.1, 0.15) is 11.0 Å². The monoisotopic (exact) mass is 534 g/mol. The molecular formula is C24H31ClN6O4S. The van der Waals surface area contributed by atoms with Crippen LogP contribution < -0.4 is 25.0 Å². The molecule has 0 radical (unpaired) electrons. The molecule has 2 aliphatic rings. The third-order valence-electron chi connectivity index (χ3n) is 5.94. The number of hydrogen-bond donors (Lipinski definition) is 2. The first-order chi connectivity index (χ1) is 17.4. The first-order valence-electron chi connectivity index (χ1n) is 12.0. The lowest BCUT2D eigenvalue weighted by atomic mass is 10.2. The average Bonchev–Trinajstić information content (AvgIpc) is 3.34. The van der Waals surface area contributed by atoms with E-state index in [4.69, 9.17) is 21.1 Å². The number of hydrogen-bond acceptors (Lipinski definition) is 8. The van der Waals surface area contributed by atoms with Crippen LogP contribution in [-0.4, -0.2) is 71.6 Å². The number of unbranched alkanes of at least 4 members (excludes halogenated alkanes) is 1. The van der Waals surface area contributed by atoms with Gasteiger partial charge in [-0.1, -0.05) is 42.8 Å². The van der Waals surface area contributed by atoms with Crippen LogP contribution in [0.15, 0.2) is 29.4 Å². The Morgan fingerprint density at radius 3 is 2.81 bits per heavy atom. The molecule has 2 aliphatic heterocycles. The van der Waals surface area contributed by atoms with E-state index in [1.54, 1.807) is 6.07 Å². The molecule has 36 heavy (non-hydrogen) atoms. The van der Waals surface area contributed by atoms with Gasteiger partial charge in [0.25, 0.3) is 0 Å². The zero-order valence-corrected chi connectivity index (χ0v) is 22.0. The molecule has 1 unspecified atom stereocenters. The minimum atomic E-state index is -0.140. The van der Waals surface area contributed by atoms with Gasteiger partial charge in [-0.3, -0.25) is 4.79 Å². The summed E-state index contributed by atoms with van der Waals surface area (Å²) in [5.41, 5.74) is 0.922. The van der Waals surface area contributed by atoms with Crippen molar-refractivity contribution >= 4 is 41.1 Å². The van der Waals surface area contributed by atoms with E-state index in [-0.39, 0.29) is 30.5 Å². The summed E-state index contributed by atoms with van der Waals surface area (Å²) in [4.78, 5) is 37.7. The summed E-state index contributed by atoms with van der Waals surface area (Å²) in [7, 11) is 0. The van der Waals surface area contributed by atoms with E-state index in [9.17, 15) is 9.59 Å². The highest BCUT2D eigenvalue weighted by atomic mass is 35.5. The van der Waals surface area contributed by atoms with Gasteiger partial charge in [0.05, 0.1) is 5.75 Å². The van der Waals surface area contributed by atoms with Crippen LogP contribution in [0.5, 0.6) is 11.5 Å². The van der Waals surface area contributed by atoms with Crippen molar-refractivity contribution in [2.75, 3.05) is 43.6 Å². The van der Waals surface area contributed by atoms with E-state index >= 15 is 0 Å². The topological polar surface area (TPSA) is 109 Å². The number of halogens is 1. The second-order valence-electron chi connectivity index (χ2n) is 8.66. The third kappa shape index (κ3) is 6.85. The van der Waals surface area contributed by atoms with Crippen molar-refractivity contribution in [1.82, 2.24) is 25.5 Å². The smallest absolute Gasteiger partial charge is 0.317 e. The lowest BCUT2D eigenvalue weighted by molar-refractivity contribution is -0.118. The van der Waals surface area contributed by atoms with E-state index in [0.717, 1.165) is 18.4 Å². The van der Waals surface area contributed by atoms with Crippen LogP contribution in [0.4, 0.5) is 10.6 Å². The van der Waals surface area contributed by atoms with Gasteiger partial charge >= 0.3 is 6.03 Å². The molecule has 3 amide bonds. The normalized spacial score (nSPS) is 16.7. The van der Waals surface area contributed by atoms with Crippen LogP contribution in [0, 0.1) is 0 Å². The number of fused-ring (bicyclic) bond motifs is 1. The molecule has 1 fully saturated rings. The number of urea groups is 1. The molecule has 0 spiro atoms. The van der Waals surface area contributed by atoms with Gasteiger partial charge in [0.2, 0.25) is 12.7 Å². The molecule has 12 heteroatoms. The number of nitrogens with one attached hydrogen (secondary N) is 2. The third-order valence-corrected chi connectivity index (χ3v) is 6.98. The fourth-order valence-corrected chi connectivity index (χ4v) is 4.90. The maximum atomic E-state index is 12.5. The second kappa shape index (κ2) is 12.4. The number of ether oxygens (including phenoxy) is 2. The van der Waals surface area contributed by atoms with Crippen LogP contribution in [-0.2, 0) is 11.3 Å². The Labute approximate surface area is 220 Å². The molecule has 2 N–H and O–H groups in total. The Kier molecular flexibility index (Phi) is 8.98. The summed E-state index contributed by atoms with van der Waals surface area (Å²) in [6.07, 6.45) is 2.01. The maximum Gasteiger partial charge on any atom is 0.317 e. The highest BCUT2D eigenvalue weighted by molar-refractivity contribution is 7.99. The number of anilines is 1.